The number of esters is 1. The first-order chi connectivity index (χ1) is 17.5. The topological polar surface area (TPSA) is 88.5 Å². The molecule has 0 spiro atoms. The molecule has 3 aliphatic heterocycles. The van der Waals surface area contributed by atoms with Crippen molar-refractivity contribution < 1.29 is 29.2 Å². The zero-order chi connectivity index (χ0) is 25.3. The van der Waals surface area contributed by atoms with Gasteiger partial charge in [0, 0.05) is 12.5 Å². The second kappa shape index (κ2) is 13.5. The highest BCUT2D eigenvalue weighted by atomic mass is 16.6. The number of carbonyl (C=O) groups is 1. The highest BCUT2D eigenvalue weighted by Gasteiger charge is 2.46. The van der Waals surface area contributed by atoms with E-state index in [0.717, 1.165) is 56.9 Å². The van der Waals surface area contributed by atoms with Crippen molar-refractivity contribution in [2.24, 2.45) is 5.92 Å². The standard InChI is InChI=1S/C30H42O6/c1-21-9-6-12-23-13-7-14-24(34-23)15-8-16-29(33)35-27(20-28-30(36-28)26(32)19-21)25(31)18-17-22-10-4-2-3-5-11-22/h2-3,7-8,14,16-18,22-28,30-32H,1,4-6,9-13,15,19-20H2/t23-,24+,25+,26+,27?,28+,30+/m1/s1. The average Bonchev–Trinajstić information content (AvgIpc) is 3.66. The third-order valence-corrected chi connectivity index (χ3v) is 7.56. The summed E-state index contributed by atoms with van der Waals surface area (Å²) in [7, 11) is 0. The van der Waals surface area contributed by atoms with Crippen LogP contribution in [0.5, 0.6) is 0 Å². The predicted octanol–water partition coefficient (Wildman–Crippen LogP) is 4.87. The summed E-state index contributed by atoms with van der Waals surface area (Å²) in [6, 6.07) is 0. The Hall–Kier alpha value is -1.99. The maximum Gasteiger partial charge on any atom is 0.330 e. The first kappa shape index (κ1) is 27.1. The summed E-state index contributed by atoms with van der Waals surface area (Å²) >= 11 is 0. The van der Waals surface area contributed by atoms with Crippen LogP contribution in [0.25, 0.3) is 0 Å². The minimum atomic E-state index is -0.938. The minimum absolute atomic E-state index is 0.0595. The summed E-state index contributed by atoms with van der Waals surface area (Å²) in [5.74, 6) is -0.0933. The van der Waals surface area contributed by atoms with E-state index in [1.165, 1.54) is 6.08 Å². The molecule has 1 unspecified atom stereocenters. The van der Waals surface area contributed by atoms with E-state index in [1.807, 2.05) is 6.08 Å². The zero-order valence-electron chi connectivity index (χ0n) is 21.3. The predicted molar refractivity (Wildman–Crippen MR) is 139 cm³/mol. The number of carbonyl (C=O) groups excluding carboxylic acids is 1. The fourth-order valence-corrected chi connectivity index (χ4v) is 5.39. The van der Waals surface area contributed by atoms with Gasteiger partial charge in [-0.05, 0) is 70.1 Å². The normalized spacial score (nSPS) is 35.9. The summed E-state index contributed by atoms with van der Waals surface area (Å²) in [5.41, 5.74) is 1.01. The third-order valence-electron chi connectivity index (χ3n) is 7.56. The van der Waals surface area contributed by atoms with Gasteiger partial charge >= 0.3 is 5.97 Å². The SMILES string of the molecule is C=C1CCC[C@@H]2CC=C[C@@H](CC=CC(=O)OC([C@@H](O)C=CC3CCC=CCC3)C[C@@H]3O[C@H]3[C@@H](O)C1)O2. The quantitative estimate of drug-likeness (QED) is 0.328. The molecule has 3 heterocycles. The number of allylic oxidation sites excluding steroid dienone is 3. The summed E-state index contributed by atoms with van der Waals surface area (Å²) in [5, 5.41) is 21.6. The van der Waals surface area contributed by atoms with Gasteiger partial charge in [0.25, 0.3) is 0 Å². The molecule has 0 aromatic carbocycles. The number of rotatable bonds is 3. The van der Waals surface area contributed by atoms with E-state index in [1.54, 1.807) is 12.2 Å². The highest BCUT2D eigenvalue weighted by molar-refractivity contribution is 5.82. The van der Waals surface area contributed by atoms with Crippen molar-refractivity contribution in [3.8, 4) is 0 Å². The van der Waals surface area contributed by atoms with Crippen molar-refractivity contribution in [3.63, 3.8) is 0 Å². The van der Waals surface area contributed by atoms with Gasteiger partial charge in [0.2, 0.25) is 0 Å². The van der Waals surface area contributed by atoms with Crippen LogP contribution in [0.15, 0.2) is 60.8 Å². The number of aliphatic hydroxyl groups is 2. The van der Waals surface area contributed by atoms with Crippen LogP contribution in [0.4, 0.5) is 0 Å². The zero-order valence-corrected chi connectivity index (χ0v) is 21.3. The second-order valence-electron chi connectivity index (χ2n) is 10.6. The number of aliphatic hydroxyl groups excluding tert-OH is 2. The molecule has 1 aliphatic carbocycles. The van der Waals surface area contributed by atoms with Gasteiger partial charge in [-0.15, -0.1) is 0 Å². The Kier molecular flexibility index (Phi) is 10.2. The Morgan fingerprint density at radius 2 is 1.86 bits per heavy atom. The van der Waals surface area contributed by atoms with Crippen LogP contribution in [0.3, 0.4) is 0 Å². The Bertz CT molecular complexity index is 848. The number of epoxide rings is 1. The second-order valence-corrected chi connectivity index (χ2v) is 10.6. The smallest absolute Gasteiger partial charge is 0.330 e. The van der Waals surface area contributed by atoms with E-state index in [2.05, 4.69) is 30.9 Å². The van der Waals surface area contributed by atoms with Gasteiger partial charge in [0.1, 0.15) is 18.3 Å². The lowest BCUT2D eigenvalue weighted by Gasteiger charge is -2.25. The Morgan fingerprint density at radius 3 is 2.67 bits per heavy atom. The summed E-state index contributed by atoms with van der Waals surface area (Å²) in [6.07, 6.45) is 22.1. The van der Waals surface area contributed by atoms with E-state index in [0.29, 0.717) is 25.2 Å². The molecule has 7 atom stereocenters. The van der Waals surface area contributed by atoms with E-state index in [4.69, 9.17) is 14.2 Å². The molecule has 0 aromatic rings. The van der Waals surface area contributed by atoms with Crippen molar-refractivity contribution in [3.05, 3.63) is 60.8 Å². The number of hydrogen-bond donors (Lipinski definition) is 2. The van der Waals surface area contributed by atoms with Crippen molar-refractivity contribution in [2.75, 3.05) is 0 Å². The van der Waals surface area contributed by atoms with Crippen LogP contribution >= 0.6 is 0 Å². The van der Waals surface area contributed by atoms with E-state index in [-0.39, 0.29) is 24.4 Å². The van der Waals surface area contributed by atoms with E-state index >= 15 is 0 Å². The van der Waals surface area contributed by atoms with Crippen LogP contribution in [0.1, 0.15) is 70.6 Å². The maximum absolute atomic E-state index is 12.6. The third kappa shape index (κ3) is 8.55. The van der Waals surface area contributed by atoms with Crippen molar-refractivity contribution in [1.29, 1.82) is 0 Å². The molecule has 1 fully saturated rings. The van der Waals surface area contributed by atoms with Crippen LogP contribution in [-0.2, 0) is 19.0 Å². The molecule has 0 amide bonds. The Balaban J connectivity index is 1.42. The largest absolute Gasteiger partial charge is 0.456 e. The first-order valence-corrected chi connectivity index (χ1v) is 13.7. The molecule has 6 heteroatoms. The van der Waals surface area contributed by atoms with E-state index in [9.17, 15) is 15.0 Å². The van der Waals surface area contributed by atoms with Gasteiger partial charge in [-0.25, -0.2) is 4.79 Å². The van der Waals surface area contributed by atoms with Crippen LogP contribution in [0, 0.1) is 5.92 Å². The molecule has 4 rings (SSSR count). The van der Waals surface area contributed by atoms with Gasteiger partial charge < -0.3 is 24.4 Å². The maximum atomic E-state index is 12.6. The molecular weight excluding hydrogens is 456 g/mol. The van der Waals surface area contributed by atoms with Gasteiger partial charge in [-0.2, -0.15) is 0 Å². The number of hydrogen-bond acceptors (Lipinski definition) is 6. The molecule has 6 nitrogen and oxygen atoms in total. The molecule has 2 N–H and O–H groups in total. The number of cyclic esters (lactones) is 1. The fraction of sp³-hybridized carbons (Fsp3) is 0.633. The van der Waals surface area contributed by atoms with Crippen molar-refractivity contribution in [2.45, 2.75) is 113 Å². The monoisotopic (exact) mass is 498 g/mol. The molecule has 198 valence electrons. The lowest BCUT2D eigenvalue weighted by molar-refractivity contribution is -0.148. The van der Waals surface area contributed by atoms with Gasteiger partial charge in [-0.1, -0.05) is 54.7 Å². The first-order valence-electron chi connectivity index (χ1n) is 13.7. The summed E-state index contributed by atoms with van der Waals surface area (Å²) in [4.78, 5) is 12.6. The Labute approximate surface area is 215 Å². The van der Waals surface area contributed by atoms with Crippen molar-refractivity contribution >= 4 is 5.97 Å². The number of fused-ring (bicyclic) bond motifs is 3. The Morgan fingerprint density at radius 1 is 1.06 bits per heavy atom. The molecule has 1 saturated heterocycles. The lowest BCUT2D eigenvalue weighted by Crippen LogP contribution is -2.32. The molecule has 0 saturated carbocycles. The molecular formula is C30H42O6. The minimum Gasteiger partial charge on any atom is -0.456 e. The molecule has 36 heavy (non-hydrogen) atoms. The van der Waals surface area contributed by atoms with Crippen LogP contribution in [0.2, 0.25) is 0 Å². The van der Waals surface area contributed by atoms with Gasteiger partial charge in [0.15, 0.2) is 0 Å². The molecule has 0 aromatic heterocycles. The fourth-order valence-electron chi connectivity index (χ4n) is 5.39. The summed E-state index contributed by atoms with van der Waals surface area (Å²) in [6.45, 7) is 4.15. The molecule has 4 aliphatic rings. The van der Waals surface area contributed by atoms with Crippen LogP contribution < -0.4 is 0 Å². The summed E-state index contributed by atoms with van der Waals surface area (Å²) < 4.78 is 17.6. The van der Waals surface area contributed by atoms with Crippen molar-refractivity contribution in [1.82, 2.24) is 0 Å². The number of ether oxygens (including phenoxy) is 3. The van der Waals surface area contributed by atoms with Crippen LogP contribution in [-0.4, -0.2) is 58.9 Å². The highest BCUT2D eigenvalue weighted by Crippen LogP contribution is 2.34. The van der Waals surface area contributed by atoms with E-state index < -0.39 is 24.3 Å². The molecule has 0 radical (unpaired) electrons. The van der Waals surface area contributed by atoms with Gasteiger partial charge in [0.05, 0.1) is 24.4 Å². The van der Waals surface area contributed by atoms with Gasteiger partial charge in [-0.3, -0.25) is 0 Å². The lowest BCUT2D eigenvalue weighted by atomic mass is 9.96. The molecule has 2 bridgehead atoms. The average molecular weight is 499 g/mol.